The molecule has 2 aliphatic carbocycles. The molecular weight excluding hydrogens is 396 g/mol. The van der Waals surface area contributed by atoms with Gasteiger partial charge < -0.3 is 10.4 Å². The highest BCUT2D eigenvalue weighted by molar-refractivity contribution is 7.85. The lowest BCUT2D eigenvalue weighted by Crippen LogP contribution is -2.18. The SMILES string of the molecule is CC.CC(C)(O)c1ccc(S(N)=NC(=O)Nc2c3c(cc4c2CCC4)CCC3)cn1. The number of aromatic nitrogens is 1. The van der Waals surface area contributed by atoms with Crippen LogP contribution in [0.15, 0.2) is 33.7 Å². The van der Waals surface area contributed by atoms with Crippen molar-refractivity contribution in [3.8, 4) is 0 Å². The van der Waals surface area contributed by atoms with Crippen LogP contribution in [0.1, 0.15) is 68.5 Å². The summed E-state index contributed by atoms with van der Waals surface area (Å²) in [5.74, 6) is 0. The maximum Gasteiger partial charge on any atom is 0.352 e. The van der Waals surface area contributed by atoms with Crippen LogP contribution in [0.3, 0.4) is 0 Å². The Labute approximate surface area is 181 Å². The zero-order chi connectivity index (χ0) is 21.9. The molecule has 7 heteroatoms. The number of hydrogen-bond donors (Lipinski definition) is 3. The third-order valence-electron chi connectivity index (χ3n) is 5.49. The van der Waals surface area contributed by atoms with Gasteiger partial charge in [0.1, 0.15) is 5.60 Å². The van der Waals surface area contributed by atoms with E-state index in [1.807, 2.05) is 13.8 Å². The van der Waals surface area contributed by atoms with E-state index in [4.69, 9.17) is 5.14 Å². The number of anilines is 1. The van der Waals surface area contributed by atoms with Gasteiger partial charge >= 0.3 is 6.03 Å². The molecule has 4 N–H and O–H groups in total. The molecule has 30 heavy (non-hydrogen) atoms. The fourth-order valence-electron chi connectivity index (χ4n) is 4.10. The number of fused-ring (bicyclic) bond motifs is 2. The number of benzene rings is 1. The number of amides is 2. The number of aliphatic hydroxyl groups is 1. The van der Waals surface area contributed by atoms with Crippen LogP contribution in [0.2, 0.25) is 0 Å². The van der Waals surface area contributed by atoms with Gasteiger partial charge in [0.2, 0.25) is 0 Å². The molecule has 0 fully saturated rings. The van der Waals surface area contributed by atoms with Crippen molar-refractivity contribution in [1.82, 2.24) is 4.98 Å². The summed E-state index contributed by atoms with van der Waals surface area (Å²) in [4.78, 5) is 17.5. The summed E-state index contributed by atoms with van der Waals surface area (Å²) in [5, 5.41) is 19.2. The highest BCUT2D eigenvalue weighted by Crippen LogP contribution is 2.38. The molecule has 2 aliphatic rings. The van der Waals surface area contributed by atoms with E-state index in [1.54, 1.807) is 32.2 Å². The molecule has 2 aromatic rings. The van der Waals surface area contributed by atoms with Gasteiger partial charge in [-0.3, -0.25) is 10.1 Å². The predicted octanol–water partition coefficient (Wildman–Crippen LogP) is 4.58. The third kappa shape index (κ3) is 4.79. The topological polar surface area (TPSA) is 101 Å². The Morgan fingerprint density at radius 2 is 1.73 bits per heavy atom. The fourth-order valence-corrected chi connectivity index (χ4v) is 4.80. The maximum atomic E-state index is 12.6. The molecule has 1 heterocycles. The molecule has 1 aromatic carbocycles. The summed E-state index contributed by atoms with van der Waals surface area (Å²) in [5.41, 5.74) is 5.79. The fraction of sp³-hybridized carbons (Fsp3) is 0.478. The summed E-state index contributed by atoms with van der Waals surface area (Å²) in [7, 11) is -1.10. The third-order valence-corrected chi connectivity index (χ3v) is 6.58. The van der Waals surface area contributed by atoms with Gasteiger partial charge in [-0.1, -0.05) is 19.9 Å². The second-order valence-electron chi connectivity index (χ2n) is 8.01. The van der Waals surface area contributed by atoms with Crippen LogP contribution in [0.25, 0.3) is 0 Å². The summed E-state index contributed by atoms with van der Waals surface area (Å²) < 4.78 is 4.14. The molecule has 4 rings (SSSR count). The zero-order valence-corrected chi connectivity index (χ0v) is 19.1. The Kier molecular flexibility index (Phi) is 7.06. The smallest absolute Gasteiger partial charge is 0.352 e. The second-order valence-corrected chi connectivity index (χ2v) is 9.29. The first-order valence-electron chi connectivity index (χ1n) is 10.7. The summed E-state index contributed by atoms with van der Waals surface area (Å²) >= 11 is 0. The van der Waals surface area contributed by atoms with E-state index in [1.165, 1.54) is 22.3 Å². The van der Waals surface area contributed by atoms with Gasteiger partial charge in [-0.2, -0.15) is 4.36 Å². The normalized spacial score (nSPS) is 15.8. The molecule has 6 nitrogen and oxygen atoms in total. The van der Waals surface area contributed by atoms with E-state index in [0.29, 0.717) is 10.6 Å². The highest BCUT2D eigenvalue weighted by atomic mass is 32.2. The number of aryl methyl sites for hydroxylation is 2. The second kappa shape index (κ2) is 9.37. The number of nitrogens with one attached hydrogen (secondary N) is 1. The maximum absolute atomic E-state index is 12.6. The quantitative estimate of drug-likeness (QED) is 0.666. The first-order valence-corrected chi connectivity index (χ1v) is 11.9. The molecule has 0 saturated carbocycles. The van der Waals surface area contributed by atoms with Gasteiger partial charge in [0.05, 0.1) is 10.6 Å². The average Bonchev–Trinajstić information content (AvgIpc) is 3.38. The van der Waals surface area contributed by atoms with E-state index in [2.05, 4.69) is 20.7 Å². The van der Waals surface area contributed by atoms with Gasteiger partial charge in [0, 0.05) is 22.8 Å². The minimum Gasteiger partial charge on any atom is -0.384 e. The van der Waals surface area contributed by atoms with Gasteiger partial charge in [-0.05, 0) is 86.8 Å². The number of nitrogens with zero attached hydrogens (tertiary/aromatic N) is 2. The number of rotatable bonds is 3. The van der Waals surface area contributed by atoms with Gasteiger partial charge in [-0.25, -0.2) is 4.79 Å². The standard InChI is InChI=1S/C21H26N4O2S.C2H6/c1-21(2,27)18-10-9-15(12-23-18)28(22)25-20(26)24-19-16-7-3-5-13(16)11-14-6-4-8-17(14)19;1-2/h9-12,27H,3-8H2,1-2H3,(H3,22,24,25,26);1-2H3. The number of nitrogens with two attached hydrogens (primary N) is 1. The van der Waals surface area contributed by atoms with Gasteiger partial charge in [0.15, 0.2) is 0 Å². The molecule has 0 bridgehead atoms. The molecule has 0 aliphatic heterocycles. The lowest BCUT2D eigenvalue weighted by molar-refractivity contribution is 0.0737. The molecule has 1 atom stereocenters. The Balaban J connectivity index is 0.00000124. The minimum atomic E-state index is -1.10. The number of carbonyl (C=O) groups excluding carboxylic acids is 1. The number of hydrogen-bond acceptors (Lipinski definition) is 3. The van der Waals surface area contributed by atoms with Crippen LogP contribution in [0.5, 0.6) is 0 Å². The summed E-state index contributed by atoms with van der Waals surface area (Å²) in [6.07, 6.45) is 8.04. The molecular formula is C23H32N4O2S. The largest absolute Gasteiger partial charge is 0.384 e. The number of urea groups is 1. The van der Waals surface area contributed by atoms with Crippen molar-refractivity contribution in [2.45, 2.75) is 76.7 Å². The minimum absolute atomic E-state index is 0.410. The van der Waals surface area contributed by atoms with E-state index in [9.17, 15) is 9.90 Å². The van der Waals surface area contributed by atoms with E-state index >= 15 is 0 Å². The van der Waals surface area contributed by atoms with Crippen molar-refractivity contribution in [1.29, 1.82) is 0 Å². The van der Waals surface area contributed by atoms with E-state index < -0.39 is 22.5 Å². The molecule has 1 aromatic heterocycles. The zero-order valence-electron chi connectivity index (χ0n) is 18.3. The lowest BCUT2D eigenvalue weighted by atomic mass is 9.99. The van der Waals surface area contributed by atoms with Gasteiger partial charge in [0.25, 0.3) is 0 Å². The number of pyridine rings is 1. The van der Waals surface area contributed by atoms with Crippen LogP contribution < -0.4 is 10.5 Å². The average molecular weight is 429 g/mol. The monoisotopic (exact) mass is 428 g/mol. The van der Waals surface area contributed by atoms with Gasteiger partial charge in [-0.15, -0.1) is 0 Å². The van der Waals surface area contributed by atoms with E-state index in [-0.39, 0.29) is 0 Å². The Morgan fingerprint density at radius 3 is 2.23 bits per heavy atom. The molecule has 0 spiro atoms. The first-order chi connectivity index (χ1) is 14.3. The van der Waals surface area contributed by atoms with E-state index in [0.717, 1.165) is 44.2 Å². The van der Waals surface area contributed by atoms with Crippen LogP contribution in [-0.4, -0.2) is 16.1 Å². The van der Waals surface area contributed by atoms with Crippen LogP contribution in [0, 0.1) is 0 Å². The highest BCUT2D eigenvalue weighted by Gasteiger charge is 2.25. The van der Waals surface area contributed by atoms with Crippen LogP contribution >= 0.6 is 0 Å². The van der Waals surface area contributed by atoms with Crippen molar-refractivity contribution in [3.63, 3.8) is 0 Å². The summed E-state index contributed by atoms with van der Waals surface area (Å²) in [6.45, 7) is 7.34. The van der Waals surface area contributed by atoms with Crippen LogP contribution in [-0.2, 0) is 42.2 Å². The van der Waals surface area contributed by atoms with Crippen molar-refractivity contribution in [2.24, 2.45) is 9.50 Å². The summed E-state index contributed by atoms with van der Waals surface area (Å²) in [6, 6.07) is 5.40. The molecule has 162 valence electrons. The molecule has 2 amide bonds. The van der Waals surface area contributed by atoms with Crippen molar-refractivity contribution in [2.75, 3.05) is 5.32 Å². The molecule has 0 saturated heterocycles. The Bertz CT molecular complexity index is 930. The Morgan fingerprint density at radius 1 is 1.13 bits per heavy atom. The Hall–Kier alpha value is -2.09. The number of carbonyl (C=O) groups is 1. The lowest BCUT2D eigenvalue weighted by Gasteiger charge is -2.16. The van der Waals surface area contributed by atoms with Crippen molar-refractivity contribution >= 4 is 22.6 Å². The molecule has 0 radical (unpaired) electrons. The molecule has 1 unspecified atom stereocenters. The van der Waals surface area contributed by atoms with Crippen molar-refractivity contribution < 1.29 is 9.90 Å². The van der Waals surface area contributed by atoms with Crippen LogP contribution in [0.4, 0.5) is 10.5 Å². The van der Waals surface area contributed by atoms with Crippen molar-refractivity contribution in [3.05, 3.63) is 52.3 Å². The first kappa shape index (κ1) is 22.6. The predicted molar refractivity (Wildman–Crippen MR) is 123 cm³/mol.